The number of likely N-dealkylation sites (tertiary alicyclic amines) is 1. The molecule has 198 valence electrons. The van der Waals surface area contributed by atoms with E-state index in [-0.39, 0.29) is 73.1 Å². The summed E-state index contributed by atoms with van der Waals surface area (Å²) < 4.78 is 10.8. The van der Waals surface area contributed by atoms with E-state index in [1.807, 2.05) is 0 Å². The Morgan fingerprint density at radius 3 is 2.17 bits per heavy atom. The standard InChI is InChI=1S/C24H40N4O7/c1-17(29)18-3-5-20(6-4-18)27-22(31)8-11-34-13-14-35-12-10-25-21(30)7-9-26-24(33)19-15-23(32)28(2)16-19/h18-20H,3-16H2,1-2H3,(H,25,30)(H,26,33)(H,27,31). The first-order valence-electron chi connectivity index (χ1n) is 12.5. The van der Waals surface area contributed by atoms with Crippen LogP contribution < -0.4 is 16.0 Å². The zero-order valence-corrected chi connectivity index (χ0v) is 20.9. The monoisotopic (exact) mass is 496 g/mol. The minimum absolute atomic E-state index is 0.0415. The van der Waals surface area contributed by atoms with Crippen LogP contribution in [0.25, 0.3) is 0 Å². The van der Waals surface area contributed by atoms with Crippen molar-refractivity contribution >= 4 is 29.4 Å². The van der Waals surface area contributed by atoms with E-state index in [0.717, 1.165) is 25.7 Å². The van der Waals surface area contributed by atoms with Crippen molar-refractivity contribution in [2.75, 3.05) is 53.1 Å². The molecule has 11 nitrogen and oxygen atoms in total. The van der Waals surface area contributed by atoms with Crippen LogP contribution in [0.3, 0.4) is 0 Å². The number of hydrogen-bond acceptors (Lipinski definition) is 7. The molecule has 0 aromatic rings. The molecule has 1 heterocycles. The topological polar surface area (TPSA) is 143 Å². The summed E-state index contributed by atoms with van der Waals surface area (Å²) in [6.45, 7) is 3.98. The lowest BCUT2D eigenvalue weighted by Crippen LogP contribution is -2.38. The largest absolute Gasteiger partial charge is 0.379 e. The molecule has 0 bridgehead atoms. The fourth-order valence-corrected chi connectivity index (χ4v) is 4.26. The van der Waals surface area contributed by atoms with Gasteiger partial charge in [0, 0.05) is 57.9 Å². The summed E-state index contributed by atoms with van der Waals surface area (Å²) >= 11 is 0. The average molecular weight is 497 g/mol. The molecule has 2 aliphatic rings. The molecule has 4 amide bonds. The lowest BCUT2D eigenvalue weighted by molar-refractivity contribution is -0.128. The molecule has 1 aliphatic heterocycles. The quantitative estimate of drug-likeness (QED) is 0.266. The van der Waals surface area contributed by atoms with Gasteiger partial charge in [0.15, 0.2) is 0 Å². The predicted molar refractivity (Wildman–Crippen MR) is 127 cm³/mol. The smallest absolute Gasteiger partial charge is 0.225 e. The predicted octanol–water partition coefficient (Wildman–Crippen LogP) is -0.225. The van der Waals surface area contributed by atoms with Crippen molar-refractivity contribution < 1.29 is 33.4 Å². The molecule has 1 atom stereocenters. The molecule has 1 saturated heterocycles. The number of ketones is 1. The van der Waals surface area contributed by atoms with Crippen LogP contribution in [-0.4, -0.2) is 93.5 Å². The first-order chi connectivity index (χ1) is 16.8. The maximum absolute atomic E-state index is 12.0. The van der Waals surface area contributed by atoms with E-state index in [0.29, 0.717) is 39.5 Å². The second kappa shape index (κ2) is 15.5. The van der Waals surface area contributed by atoms with Crippen LogP contribution in [-0.2, 0) is 33.4 Å². The van der Waals surface area contributed by atoms with Crippen molar-refractivity contribution in [1.82, 2.24) is 20.9 Å². The number of nitrogens with one attached hydrogen (secondary N) is 3. The lowest BCUT2D eigenvalue weighted by Gasteiger charge is -2.27. The van der Waals surface area contributed by atoms with Gasteiger partial charge in [-0.25, -0.2) is 0 Å². The van der Waals surface area contributed by atoms with Gasteiger partial charge in [-0.05, 0) is 32.6 Å². The molecule has 0 aromatic heterocycles. The molecule has 0 radical (unpaired) electrons. The highest BCUT2D eigenvalue weighted by molar-refractivity contribution is 5.89. The third kappa shape index (κ3) is 11.2. The summed E-state index contributed by atoms with van der Waals surface area (Å²) in [6.07, 6.45) is 4.03. The summed E-state index contributed by atoms with van der Waals surface area (Å²) in [7, 11) is 1.67. The molecule has 0 spiro atoms. The Balaban J connectivity index is 1.36. The second-order valence-electron chi connectivity index (χ2n) is 9.27. The summed E-state index contributed by atoms with van der Waals surface area (Å²) in [5, 5.41) is 8.42. The Morgan fingerprint density at radius 1 is 0.857 bits per heavy atom. The maximum Gasteiger partial charge on any atom is 0.225 e. The van der Waals surface area contributed by atoms with Crippen LogP contribution in [0.15, 0.2) is 0 Å². The van der Waals surface area contributed by atoms with Gasteiger partial charge in [-0.2, -0.15) is 0 Å². The van der Waals surface area contributed by atoms with Gasteiger partial charge in [0.25, 0.3) is 0 Å². The third-order valence-corrected chi connectivity index (χ3v) is 6.44. The van der Waals surface area contributed by atoms with Gasteiger partial charge in [-0.1, -0.05) is 0 Å². The molecule has 1 saturated carbocycles. The Labute approximate surface area is 207 Å². The molecule has 1 aliphatic carbocycles. The molecular formula is C24H40N4O7. The maximum atomic E-state index is 12.0. The number of ether oxygens (including phenoxy) is 2. The Bertz CT molecular complexity index is 737. The van der Waals surface area contributed by atoms with Gasteiger partial charge in [0.05, 0.1) is 32.3 Å². The van der Waals surface area contributed by atoms with Crippen LogP contribution >= 0.6 is 0 Å². The van der Waals surface area contributed by atoms with Crippen molar-refractivity contribution in [3.63, 3.8) is 0 Å². The number of carbonyl (C=O) groups is 5. The van der Waals surface area contributed by atoms with E-state index < -0.39 is 0 Å². The van der Waals surface area contributed by atoms with E-state index in [1.54, 1.807) is 14.0 Å². The minimum atomic E-state index is -0.348. The number of amides is 4. The van der Waals surface area contributed by atoms with Crippen LogP contribution in [0.4, 0.5) is 0 Å². The third-order valence-electron chi connectivity index (χ3n) is 6.44. The fourth-order valence-electron chi connectivity index (χ4n) is 4.26. The van der Waals surface area contributed by atoms with E-state index in [9.17, 15) is 24.0 Å². The molecule has 35 heavy (non-hydrogen) atoms. The summed E-state index contributed by atoms with van der Waals surface area (Å²) in [5.41, 5.74) is 0. The first-order valence-corrected chi connectivity index (χ1v) is 12.5. The van der Waals surface area contributed by atoms with Crippen molar-refractivity contribution in [2.45, 2.75) is 57.9 Å². The van der Waals surface area contributed by atoms with Gasteiger partial charge in [0.2, 0.25) is 23.6 Å². The van der Waals surface area contributed by atoms with Gasteiger partial charge >= 0.3 is 0 Å². The van der Waals surface area contributed by atoms with Crippen molar-refractivity contribution in [3.05, 3.63) is 0 Å². The fraction of sp³-hybridized carbons (Fsp3) is 0.792. The summed E-state index contributed by atoms with van der Waals surface area (Å²) in [4.78, 5) is 60.2. The van der Waals surface area contributed by atoms with E-state index >= 15 is 0 Å². The molecule has 2 fully saturated rings. The van der Waals surface area contributed by atoms with Crippen molar-refractivity contribution in [2.24, 2.45) is 11.8 Å². The SMILES string of the molecule is CC(=O)C1CCC(NC(=O)CCOCCOCCNC(=O)CCNC(=O)C2CC(=O)N(C)C2)CC1. The number of nitrogens with zero attached hydrogens (tertiary/aromatic N) is 1. The highest BCUT2D eigenvalue weighted by Gasteiger charge is 2.31. The summed E-state index contributed by atoms with van der Waals surface area (Å²) in [6, 6.07) is 0.146. The van der Waals surface area contributed by atoms with Gasteiger partial charge in [-0.15, -0.1) is 0 Å². The van der Waals surface area contributed by atoms with Gasteiger partial charge < -0.3 is 30.3 Å². The van der Waals surface area contributed by atoms with Crippen molar-refractivity contribution in [1.29, 1.82) is 0 Å². The molecule has 1 unspecified atom stereocenters. The number of rotatable bonds is 15. The molecule has 11 heteroatoms. The zero-order chi connectivity index (χ0) is 25.6. The van der Waals surface area contributed by atoms with Gasteiger partial charge in [0.1, 0.15) is 5.78 Å². The van der Waals surface area contributed by atoms with E-state index in [4.69, 9.17) is 9.47 Å². The Kier molecular flexibility index (Phi) is 12.7. The normalized spacial score (nSPS) is 22.1. The van der Waals surface area contributed by atoms with Crippen LogP contribution in [0.5, 0.6) is 0 Å². The number of hydrogen-bond donors (Lipinski definition) is 3. The van der Waals surface area contributed by atoms with E-state index in [1.165, 1.54) is 4.90 Å². The van der Waals surface area contributed by atoms with Crippen LogP contribution in [0, 0.1) is 11.8 Å². The van der Waals surface area contributed by atoms with Crippen molar-refractivity contribution in [3.8, 4) is 0 Å². The first kappa shape index (κ1) is 28.7. The average Bonchev–Trinajstić information content (AvgIpc) is 3.16. The van der Waals surface area contributed by atoms with Crippen LogP contribution in [0.2, 0.25) is 0 Å². The minimum Gasteiger partial charge on any atom is -0.379 e. The second-order valence-corrected chi connectivity index (χ2v) is 9.27. The molecule has 0 aromatic carbocycles. The summed E-state index contributed by atoms with van der Waals surface area (Å²) in [5.74, 6) is -0.441. The number of Topliss-reactive ketones (excluding diaryl/α,β-unsaturated/α-hetero) is 1. The Morgan fingerprint density at radius 2 is 1.54 bits per heavy atom. The highest BCUT2D eigenvalue weighted by atomic mass is 16.5. The van der Waals surface area contributed by atoms with Crippen LogP contribution in [0.1, 0.15) is 51.9 Å². The molecule has 3 N–H and O–H groups in total. The van der Waals surface area contributed by atoms with E-state index in [2.05, 4.69) is 16.0 Å². The van der Waals surface area contributed by atoms with Gasteiger partial charge in [-0.3, -0.25) is 24.0 Å². The lowest BCUT2D eigenvalue weighted by atomic mass is 9.84. The molecular weight excluding hydrogens is 456 g/mol. The Hall–Kier alpha value is -2.53. The number of carbonyl (C=O) groups excluding carboxylic acids is 5. The zero-order valence-electron chi connectivity index (χ0n) is 20.9. The highest BCUT2D eigenvalue weighted by Crippen LogP contribution is 2.24. The molecule has 2 rings (SSSR count).